The molecule has 1 unspecified atom stereocenters. The number of nitrogens with one attached hydrogen (secondary N) is 1. The molecule has 1 atom stereocenters. The summed E-state index contributed by atoms with van der Waals surface area (Å²) in [7, 11) is 3.11. The fourth-order valence-corrected chi connectivity index (χ4v) is 2.47. The molecule has 2 rings (SSSR count). The van der Waals surface area contributed by atoms with E-state index in [1.165, 1.54) is 7.11 Å². The summed E-state index contributed by atoms with van der Waals surface area (Å²) >= 11 is 0. The highest BCUT2D eigenvalue weighted by atomic mass is 16.5. The number of nitrogens with zero attached hydrogens (tertiary/aromatic N) is 1. The number of rotatable bonds is 5. The van der Waals surface area contributed by atoms with E-state index in [9.17, 15) is 9.90 Å². The number of hydrogen-bond acceptors (Lipinski definition) is 5. The summed E-state index contributed by atoms with van der Waals surface area (Å²) < 4.78 is 10.5. The van der Waals surface area contributed by atoms with Crippen molar-refractivity contribution >= 4 is 5.97 Å². The smallest absolute Gasteiger partial charge is 0.325 e. The summed E-state index contributed by atoms with van der Waals surface area (Å²) in [5, 5.41) is 12.8. The number of carboxylic acid groups (broad SMARTS) is 1. The molecule has 0 aromatic heterocycles. The third kappa shape index (κ3) is 3.02. The standard InChI is InChI=1S/C14H20N2O4/c1-19-10-3-4-11(12(9-10)20-2)13(14(17)18)16-7-5-15-6-8-16/h3-4,9,13,15H,5-8H2,1-2H3,(H,17,18). The molecule has 1 saturated heterocycles. The fraction of sp³-hybridized carbons (Fsp3) is 0.500. The molecule has 1 heterocycles. The van der Waals surface area contributed by atoms with Crippen molar-refractivity contribution < 1.29 is 19.4 Å². The van der Waals surface area contributed by atoms with Gasteiger partial charge in [-0.05, 0) is 12.1 Å². The van der Waals surface area contributed by atoms with Gasteiger partial charge in [0.1, 0.15) is 17.5 Å². The lowest BCUT2D eigenvalue weighted by atomic mass is 10.0. The molecule has 110 valence electrons. The Hall–Kier alpha value is -1.79. The summed E-state index contributed by atoms with van der Waals surface area (Å²) in [6.07, 6.45) is 0. The van der Waals surface area contributed by atoms with E-state index in [0.717, 1.165) is 13.1 Å². The second-order valence-corrected chi connectivity index (χ2v) is 4.63. The predicted molar refractivity (Wildman–Crippen MR) is 74.4 cm³/mol. The average Bonchev–Trinajstić information content (AvgIpc) is 2.48. The van der Waals surface area contributed by atoms with Crippen molar-refractivity contribution in [1.29, 1.82) is 0 Å². The minimum atomic E-state index is -0.865. The van der Waals surface area contributed by atoms with E-state index in [-0.39, 0.29) is 0 Å². The van der Waals surface area contributed by atoms with E-state index >= 15 is 0 Å². The van der Waals surface area contributed by atoms with Gasteiger partial charge in [0.15, 0.2) is 0 Å². The molecule has 0 aliphatic carbocycles. The van der Waals surface area contributed by atoms with Gasteiger partial charge in [-0.25, -0.2) is 0 Å². The van der Waals surface area contributed by atoms with Crippen LogP contribution in [0.5, 0.6) is 11.5 Å². The second-order valence-electron chi connectivity index (χ2n) is 4.63. The number of carbonyl (C=O) groups is 1. The first-order valence-electron chi connectivity index (χ1n) is 6.57. The van der Waals surface area contributed by atoms with E-state index < -0.39 is 12.0 Å². The number of hydrogen-bond donors (Lipinski definition) is 2. The molecule has 1 aliphatic rings. The van der Waals surface area contributed by atoms with Gasteiger partial charge < -0.3 is 19.9 Å². The third-order valence-corrected chi connectivity index (χ3v) is 3.49. The van der Waals surface area contributed by atoms with Gasteiger partial charge in [-0.15, -0.1) is 0 Å². The largest absolute Gasteiger partial charge is 0.497 e. The molecular weight excluding hydrogens is 260 g/mol. The third-order valence-electron chi connectivity index (χ3n) is 3.49. The zero-order chi connectivity index (χ0) is 14.5. The van der Waals surface area contributed by atoms with Crippen LogP contribution in [0.3, 0.4) is 0 Å². The van der Waals surface area contributed by atoms with Crippen molar-refractivity contribution in [2.45, 2.75) is 6.04 Å². The molecule has 2 N–H and O–H groups in total. The maximum Gasteiger partial charge on any atom is 0.325 e. The Kier molecular flexibility index (Phi) is 4.81. The van der Waals surface area contributed by atoms with Gasteiger partial charge in [0.25, 0.3) is 0 Å². The second kappa shape index (κ2) is 6.58. The Balaban J connectivity index is 2.35. The normalized spacial score (nSPS) is 17.5. The molecule has 20 heavy (non-hydrogen) atoms. The SMILES string of the molecule is COc1ccc(C(C(=O)O)N2CCNCC2)c(OC)c1. The van der Waals surface area contributed by atoms with Gasteiger partial charge in [0.2, 0.25) is 0 Å². The van der Waals surface area contributed by atoms with Crippen LogP contribution in [-0.4, -0.2) is 56.4 Å². The van der Waals surface area contributed by atoms with Gasteiger partial charge in [-0.3, -0.25) is 9.69 Å². The molecular formula is C14H20N2O4. The quantitative estimate of drug-likeness (QED) is 0.829. The van der Waals surface area contributed by atoms with Crippen molar-refractivity contribution in [3.8, 4) is 11.5 Å². The van der Waals surface area contributed by atoms with Crippen molar-refractivity contribution in [2.24, 2.45) is 0 Å². The first-order chi connectivity index (χ1) is 9.67. The van der Waals surface area contributed by atoms with Crippen molar-refractivity contribution in [3.05, 3.63) is 23.8 Å². The van der Waals surface area contributed by atoms with Crippen LogP contribution in [0.2, 0.25) is 0 Å². The van der Waals surface area contributed by atoms with Gasteiger partial charge in [-0.1, -0.05) is 0 Å². The summed E-state index contributed by atoms with van der Waals surface area (Å²) in [5.41, 5.74) is 0.655. The van der Waals surface area contributed by atoms with E-state index in [1.807, 2.05) is 4.90 Å². The first-order valence-corrected chi connectivity index (χ1v) is 6.57. The van der Waals surface area contributed by atoms with Crippen molar-refractivity contribution in [3.63, 3.8) is 0 Å². The maximum atomic E-state index is 11.7. The molecule has 0 radical (unpaired) electrons. The van der Waals surface area contributed by atoms with E-state index in [1.54, 1.807) is 25.3 Å². The Labute approximate surface area is 118 Å². The topological polar surface area (TPSA) is 71.0 Å². The van der Waals surface area contributed by atoms with E-state index in [0.29, 0.717) is 30.2 Å². The molecule has 0 amide bonds. The number of aliphatic carboxylic acids is 1. The summed E-state index contributed by atoms with van der Waals surface area (Å²) in [5.74, 6) is 0.320. The first kappa shape index (κ1) is 14.6. The van der Waals surface area contributed by atoms with Crippen LogP contribution in [-0.2, 0) is 4.79 Å². The molecule has 1 aliphatic heterocycles. The lowest BCUT2D eigenvalue weighted by molar-refractivity contribution is -0.144. The fourth-order valence-electron chi connectivity index (χ4n) is 2.47. The van der Waals surface area contributed by atoms with Gasteiger partial charge in [-0.2, -0.15) is 0 Å². The molecule has 6 heteroatoms. The monoisotopic (exact) mass is 280 g/mol. The summed E-state index contributed by atoms with van der Waals surface area (Å²) in [4.78, 5) is 13.6. The average molecular weight is 280 g/mol. The molecule has 0 bridgehead atoms. The molecule has 1 aromatic carbocycles. The Bertz CT molecular complexity index is 472. The van der Waals surface area contributed by atoms with Crippen LogP contribution in [0.4, 0.5) is 0 Å². The van der Waals surface area contributed by atoms with Crippen LogP contribution in [0.25, 0.3) is 0 Å². The number of methoxy groups -OCH3 is 2. The number of ether oxygens (including phenoxy) is 2. The highest BCUT2D eigenvalue weighted by Gasteiger charge is 2.30. The number of benzene rings is 1. The zero-order valence-electron chi connectivity index (χ0n) is 11.8. The van der Waals surface area contributed by atoms with Crippen LogP contribution in [0.1, 0.15) is 11.6 Å². The summed E-state index contributed by atoms with van der Waals surface area (Å²) in [6, 6.07) is 4.54. The van der Waals surface area contributed by atoms with Crippen molar-refractivity contribution in [1.82, 2.24) is 10.2 Å². The lowest BCUT2D eigenvalue weighted by Gasteiger charge is -2.33. The Morgan fingerprint density at radius 2 is 2.00 bits per heavy atom. The molecule has 1 aromatic rings. The highest BCUT2D eigenvalue weighted by Crippen LogP contribution is 2.33. The molecule has 0 saturated carbocycles. The van der Waals surface area contributed by atoms with Crippen LogP contribution in [0.15, 0.2) is 18.2 Å². The number of carboxylic acids is 1. The maximum absolute atomic E-state index is 11.7. The minimum absolute atomic E-state index is 0.537. The van der Waals surface area contributed by atoms with Crippen LogP contribution >= 0.6 is 0 Å². The van der Waals surface area contributed by atoms with Gasteiger partial charge in [0, 0.05) is 37.8 Å². The van der Waals surface area contributed by atoms with E-state index in [4.69, 9.17) is 9.47 Å². The van der Waals surface area contributed by atoms with Gasteiger partial charge in [0.05, 0.1) is 14.2 Å². The molecule has 1 fully saturated rings. The highest BCUT2D eigenvalue weighted by molar-refractivity contribution is 5.77. The zero-order valence-corrected chi connectivity index (χ0v) is 11.8. The lowest BCUT2D eigenvalue weighted by Crippen LogP contribution is -2.47. The molecule has 0 spiro atoms. The van der Waals surface area contributed by atoms with Crippen LogP contribution in [0, 0.1) is 0 Å². The Morgan fingerprint density at radius 1 is 1.30 bits per heavy atom. The Morgan fingerprint density at radius 3 is 2.55 bits per heavy atom. The minimum Gasteiger partial charge on any atom is -0.497 e. The number of piperazine rings is 1. The van der Waals surface area contributed by atoms with E-state index in [2.05, 4.69) is 5.32 Å². The predicted octanol–water partition coefficient (Wildman–Crippen LogP) is 0.735. The molecule has 6 nitrogen and oxygen atoms in total. The van der Waals surface area contributed by atoms with Gasteiger partial charge >= 0.3 is 5.97 Å². The summed E-state index contributed by atoms with van der Waals surface area (Å²) in [6.45, 7) is 2.99. The van der Waals surface area contributed by atoms with Crippen LogP contribution < -0.4 is 14.8 Å². The van der Waals surface area contributed by atoms with Crippen molar-refractivity contribution in [2.75, 3.05) is 40.4 Å².